The van der Waals surface area contributed by atoms with Crippen LogP contribution in [0.5, 0.6) is 0 Å². The van der Waals surface area contributed by atoms with Gasteiger partial charge < -0.3 is 25.3 Å². The first-order valence-electron chi connectivity index (χ1n) is 9.96. The lowest BCUT2D eigenvalue weighted by molar-refractivity contribution is -0.133. The summed E-state index contributed by atoms with van der Waals surface area (Å²) in [6.07, 6.45) is 4.04. The standard InChI is InChI=1S/C21H22FIN4O4/c22-15-9-13(23)4-5-16(15)25-17-10-24-7-6-14(17)19(28)26-11-21(31,12-26)18-3-1-2-8-27(18)20(29)30/h4-7,9-10,18,25,31H,1-3,8,11-12H2,(H,29,30). The predicted molar refractivity (Wildman–Crippen MR) is 120 cm³/mol. The molecule has 1 aromatic heterocycles. The number of benzene rings is 1. The van der Waals surface area contributed by atoms with Crippen molar-refractivity contribution in [2.75, 3.05) is 25.0 Å². The van der Waals surface area contributed by atoms with Crippen molar-refractivity contribution in [2.24, 2.45) is 0 Å². The summed E-state index contributed by atoms with van der Waals surface area (Å²) in [5.41, 5.74) is -0.388. The summed E-state index contributed by atoms with van der Waals surface area (Å²) in [7, 11) is 0. The molecule has 164 valence electrons. The summed E-state index contributed by atoms with van der Waals surface area (Å²) >= 11 is 2.01. The van der Waals surface area contributed by atoms with Gasteiger partial charge in [-0.3, -0.25) is 9.78 Å². The second-order valence-corrected chi connectivity index (χ2v) is 9.17. The van der Waals surface area contributed by atoms with E-state index < -0.39 is 23.6 Å². The Balaban J connectivity index is 1.49. The number of hydrogen-bond donors (Lipinski definition) is 3. The zero-order chi connectivity index (χ0) is 22.2. The molecule has 2 amide bonds. The van der Waals surface area contributed by atoms with Gasteiger partial charge in [0.15, 0.2) is 0 Å². The van der Waals surface area contributed by atoms with Gasteiger partial charge in [0.25, 0.3) is 5.91 Å². The van der Waals surface area contributed by atoms with Gasteiger partial charge in [-0.05, 0) is 66.1 Å². The van der Waals surface area contributed by atoms with E-state index in [4.69, 9.17) is 0 Å². The van der Waals surface area contributed by atoms with E-state index in [-0.39, 0.29) is 24.7 Å². The summed E-state index contributed by atoms with van der Waals surface area (Å²) in [6.45, 7) is 0.468. The summed E-state index contributed by atoms with van der Waals surface area (Å²) in [4.78, 5) is 31.4. The van der Waals surface area contributed by atoms with Crippen LogP contribution < -0.4 is 5.32 Å². The molecular weight excluding hydrogens is 518 g/mol. The summed E-state index contributed by atoms with van der Waals surface area (Å²) in [5, 5.41) is 23.4. The molecule has 0 bridgehead atoms. The maximum atomic E-state index is 14.2. The number of aromatic nitrogens is 1. The number of β-amino-alcohol motifs (C(OH)–C–C–N with tert-alkyl or cyclic N) is 1. The molecule has 4 rings (SSSR count). The maximum Gasteiger partial charge on any atom is 0.407 e. The first kappa shape index (κ1) is 21.8. The lowest BCUT2D eigenvalue weighted by Gasteiger charge is -2.54. The van der Waals surface area contributed by atoms with Gasteiger partial charge in [0, 0.05) is 16.3 Å². The van der Waals surface area contributed by atoms with Crippen molar-refractivity contribution in [1.29, 1.82) is 0 Å². The number of anilines is 2. The summed E-state index contributed by atoms with van der Waals surface area (Å²) < 4.78 is 15.0. The molecule has 10 heteroatoms. The number of piperidine rings is 1. The number of nitrogens with one attached hydrogen (secondary N) is 1. The Morgan fingerprint density at radius 1 is 1.23 bits per heavy atom. The number of likely N-dealkylation sites (tertiary alicyclic amines) is 2. The van der Waals surface area contributed by atoms with E-state index in [9.17, 15) is 24.2 Å². The highest BCUT2D eigenvalue weighted by molar-refractivity contribution is 14.1. The topological polar surface area (TPSA) is 106 Å². The van der Waals surface area contributed by atoms with Gasteiger partial charge in [0.1, 0.15) is 11.4 Å². The number of rotatable bonds is 4. The number of carbonyl (C=O) groups is 2. The molecule has 2 saturated heterocycles. The molecule has 2 fully saturated rings. The zero-order valence-corrected chi connectivity index (χ0v) is 18.8. The molecule has 2 aromatic rings. The molecule has 1 unspecified atom stereocenters. The fourth-order valence-electron chi connectivity index (χ4n) is 4.28. The monoisotopic (exact) mass is 540 g/mol. The number of carboxylic acid groups (broad SMARTS) is 1. The van der Waals surface area contributed by atoms with E-state index in [1.165, 1.54) is 34.3 Å². The van der Waals surface area contributed by atoms with E-state index in [0.29, 0.717) is 24.2 Å². The molecule has 2 aliphatic heterocycles. The second-order valence-electron chi connectivity index (χ2n) is 7.92. The third-order valence-electron chi connectivity index (χ3n) is 5.84. The van der Waals surface area contributed by atoms with Crippen LogP contribution in [-0.4, -0.2) is 68.3 Å². The van der Waals surface area contributed by atoms with E-state index >= 15 is 0 Å². The van der Waals surface area contributed by atoms with Crippen molar-refractivity contribution in [1.82, 2.24) is 14.8 Å². The first-order chi connectivity index (χ1) is 14.8. The smallest absolute Gasteiger partial charge is 0.407 e. The third-order valence-corrected chi connectivity index (χ3v) is 6.51. The van der Waals surface area contributed by atoms with Gasteiger partial charge in [0.2, 0.25) is 0 Å². The number of halogens is 2. The van der Waals surface area contributed by atoms with Crippen LogP contribution in [0.25, 0.3) is 0 Å². The van der Waals surface area contributed by atoms with Crippen LogP contribution in [0, 0.1) is 9.39 Å². The summed E-state index contributed by atoms with van der Waals surface area (Å²) in [5.74, 6) is -0.781. The average Bonchev–Trinajstić information content (AvgIpc) is 2.73. The van der Waals surface area contributed by atoms with Gasteiger partial charge in [0.05, 0.1) is 42.3 Å². The van der Waals surface area contributed by atoms with Crippen molar-refractivity contribution in [2.45, 2.75) is 30.9 Å². The number of pyridine rings is 1. The Hall–Kier alpha value is -2.47. The highest BCUT2D eigenvalue weighted by Crippen LogP contribution is 2.35. The van der Waals surface area contributed by atoms with Crippen molar-refractivity contribution in [3.63, 3.8) is 0 Å². The highest BCUT2D eigenvalue weighted by atomic mass is 127. The molecule has 3 heterocycles. The van der Waals surface area contributed by atoms with Crippen molar-refractivity contribution in [3.8, 4) is 0 Å². The van der Waals surface area contributed by atoms with Crippen LogP contribution in [0.15, 0.2) is 36.7 Å². The zero-order valence-electron chi connectivity index (χ0n) is 16.6. The SMILES string of the molecule is O=C(c1ccncc1Nc1ccc(I)cc1F)N1CC(O)(C2CCCCN2C(=O)O)C1. The lowest BCUT2D eigenvalue weighted by atomic mass is 9.80. The number of amides is 2. The molecule has 0 spiro atoms. The van der Waals surface area contributed by atoms with Crippen LogP contribution in [0.3, 0.4) is 0 Å². The Morgan fingerprint density at radius 2 is 2.00 bits per heavy atom. The minimum atomic E-state index is -1.27. The molecule has 0 saturated carbocycles. The first-order valence-corrected chi connectivity index (χ1v) is 11.0. The van der Waals surface area contributed by atoms with Crippen molar-refractivity contribution in [3.05, 3.63) is 51.6 Å². The highest BCUT2D eigenvalue weighted by Gasteiger charge is 2.53. The van der Waals surface area contributed by atoms with Gasteiger partial charge in [-0.1, -0.05) is 0 Å². The average molecular weight is 540 g/mol. The molecule has 8 nitrogen and oxygen atoms in total. The van der Waals surface area contributed by atoms with Gasteiger partial charge in [-0.15, -0.1) is 0 Å². The van der Waals surface area contributed by atoms with Crippen molar-refractivity contribution < 1.29 is 24.2 Å². The molecule has 3 N–H and O–H groups in total. The van der Waals surface area contributed by atoms with Gasteiger partial charge in [-0.2, -0.15) is 0 Å². The Bertz CT molecular complexity index is 1010. The molecule has 31 heavy (non-hydrogen) atoms. The van der Waals surface area contributed by atoms with Gasteiger partial charge in [-0.25, -0.2) is 9.18 Å². The largest absolute Gasteiger partial charge is 0.465 e. The fraction of sp³-hybridized carbons (Fsp3) is 0.381. The fourth-order valence-corrected chi connectivity index (χ4v) is 4.73. The van der Waals surface area contributed by atoms with Crippen molar-refractivity contribution >= 4 is 46.0 Å². The van der Waals surface area contributed by atoms with Gasteiger partial charge >= 0.3 is 6.09 Å². The van der Waals surface area contributed by atoms with E-state index in [2.05, 4.69) is 10.3 Å². The second kappa shape index (κ2) is 8.58. The number of aliphatic hydroxyl groups is 1. The molecule has 1 aromatic carbocycles. The molecule has 2 aliphatic rings. The van der Waals surface area contributed by atoms with Crippen LogP contribution >= 0.6 is 22.6 Å². The van der Waals surface area contributed by atoms with Crippen LogP contribution in [-0.2, 0) is 0 Å². The molecule has 0 radical (unpaired) electrons. The number of nitrogens with zero attached hydrogens (tertiary/aromatic N) is 3. The van der Waals surface area contributed by atoms with Crippen LogP contribution in [0.1, 0.15) is 29.6 Å². The molecule has 0 aliphatic carbocycles. The van der Waals surface area contributed by atoms with Crippen LogP contribution in [0.2, 0.25) is 0 Å². The van der Waals surface area contributed by atoms with E-state index in [1.54, 1.807) is 12.1 Å². The normalized spacial score (nSPS) is 20.2. The third kappa shape index (κ3) is 4.31. The van der Waals surface area contributed by atoms with Crippen LogP contribution in [0.4, 0.5) is 20.6 Å². The Morgan fingerprint density at radius 3 is 2.71 bits per heavy atom. The predicted octanol–water partition coefficient (Wildman–Crippen LogP) is 3.29. The Kier molecular flexibility index (Phi) is 6.02. The quantitative estimate of drug-likeness (QED) is 0.515. The minimum Gasteiger partial charge on any atom is -0.465 e. The molecular formula is C21H22FIN4O4. The minimum absolute atomic E-state index is 0.0416. The lowest BCUT2D eigenvalue weighted by Crippen LogP contribution is -2.72. The molecule has 1 atom stereocenters. The van der Waals surface area contributed by atoms with E-state index in [0.717, 1.165) is 16.4 Å². The number of hydrogen-bond acceptors (Lipinski definition) is 5. The Labute approximate surface area is 192 Å². The van der Waals surface area contributed by atoms with E-state index in [1.807, 2.05) is 22.6 Å². The maximum absolute atomic E-state index is 14.2. The number of carbonyl (C=O) groups excluding carboxylic acids is 1. The summed E-state index contributed by atoms with van der Waals surface area (Å²) in [6, 6.07) is 5.73.